The van der Waals surface area contributed by atoms with Crippen LogP contribution in [0.4, 0.5) is 0 Å². The first-order valence-corrected chi connectivity index (χ1v) is 7.80. The minimum Gasteiger partial charge on any atom is -0.452 e. The van der Waals surface area contributed by atoms with Gasteiger partial charge in [0.1, 0.15) is 0 Å². The highest BCUT2D eigenvalue weighted by atomic mass is 79.9. The fraction of sp³-hybridized carbons (Fsp3) is 0.0625. The molecule has 7 heteroatoms. The molecule has 0 radical (unpaired) electrons. The minimum absolute atomic E-state index is 0.0948. The van der Waals surface area contributed by atoms with E-state index in [9.17, 15) is 4.79 Å². The summed E-state index contributed by atoms with van der Waals surface area (Å²) in [6.45, 7) is -0.0948. The Labute approximate surface area is 145 Å². The highest BCUT2D eigenvalue weighted by Gasteiger charge is 2.12. The molecule has 0 aliphatic heterocycles. The summed E-state index contributed by atoms with van der Waals surface area (Å²) in [7, 11) is 0. The maximum atomic E-state index is 11.9. The van der Waals surface area contributed by atoms with E-state index in [0.29, 0.717) is 16.4 Å². The third-order valence-corrected chi connectivity index (χ3v) is 3.70. The average Bonchev–Trinajstić information content (AvgIpc) is 3.02. The molecular formula is C16H10BrClN2O3. The number of halogens is 2. The zero-order chi connectivity index (χ0) is 16.2. The topological polar surface area (TPSA) is 65.2 Å². The average molecular weight is 394 g/mol. The van der Waals surface area contributed by atoms with Crippen LogP contribution in [0.3, 0.4) is 0 Å². The van der Waals surface area contributed by atoms with E-state index in [2.05, 4.69) is 26.1 Å². The molecule has 0 unspecified atom stereocenters. The Morgan fingerprint density at radius 1 is 1.22 bits per heavy atom. The van der Waals surface area contributed by atoms with Crippen molar-refractivity contribution in [2.45, 2.75) is 6.61 Å². The standard InChI is InChI=1S/C16H10BrClN2O3/c17-12-3-1-2-11(8-12)15-19-14(23-20-15)9-22-16(21)10-4-6-13(18)7-5-10/h1-8H,9H2. The second-order valence-electron chi connectivity index (χ2n) is 4.61. The van der Waals surface area contributed by atoms with Gasteiger partial charge in [0.25, 0.3) is 5.89 Å². The number of nitrogens with zero attached hydrogens (tertiary/aromatic N) is 2. The third kappa shape index (κ3) is 3.97. The summed E-state index contributed by atoms with van der Waals surface area (Å²) < 4.78 is 11.1. The van der Waals surface area contributed by atoms with E-state index in [4.69, 9.17) is 20.9 Å². The zero-order valence-corrected chi connectivity index (χ0v) is 14.0. The molecule has 0 saturated carbocycles. The predicted octanol–water partition coefficient (Wildman–Crippen LogP) is 4.51. The highest BCUT2D eigenvalue weighted by molar-refractivity contribution is 9.10. The van der Waals surface area contributed by atoms with Crippen LogP contribution in [-0.2, 0) is 11.3 Å². The van der Waals surface area contributed by atoms with Crippen LogP contribution >= 0.6 is 27.5 Å². The number of rotatable bonds is 4. The van der Waals surface area contributed by atoms with E-state index < -0.39 is 5.97 Å². The monoisotopic (exact) mass is 392 g/mol. The van der Waals surface area contributed by atoms with Crippen molar-refractivity contribution >= 4 is 33.5 Å². The molecule has 0 amide bonds. The van der Waals surface area contributed by atoms with Gasteiger partial charge >= 0.3 is 5.97 Å². The van der Waals surface area contributed by atoms with Crippen LogP contribution < -0.4 is 0 Å². The highest BCUT2D eigenvalue weighted by Crippen LogP contribution is 2.20. The van der Waals surface area contributed by atoms with Gasteiger partial charge in [-0.2, -0.15) is 4.98 Å². The molecule has 0 spiro atoms. The number of ether oxygens (including phenoxy) is 1. The van der Waals surface area contributed by atoms with E-state index in [0.717, 1.165) is 10.0 Å². The van der Waals surface area contributed by atoms with Gasteiger partial charge in [-0.3, -0.25) is 0 Å². The summed E-state index contributed by atoms with van der Waals surface area (Å²) in [4.78, 5) is 16.1. The van der Waals surface area contributed by atoms with Crippen LogP contribution in [0.15, 0.2) is 57.5 Å². The molecule has 1 heterocycles. The summed E-state index contributed by atoms with van der Waals surface area (Å²) in [5.41, 5.74) is 1.21. The summed E-state index contributed by atoms with van der Waals surface area (Å²) in [5, 5.41) is 4.43. The molecule has 0 saturated heterocycles. The Bertz CT molecular complexity index is 833. The first kappa shape index (κ1) is 15.7. The lowest BCUT2D eigenvalue weighted by Crippen LogP contribution is -2.05. The van der Waals surface area contributed by atoms with E-state index >= 15 is 0 Å². The maximum Gasteiger partial charge on any atom is 0.338 e. The first-order valence-electron chi connectivity index (χ1n) is 6.63. The number of aromatic nitrogens is 2. The molecule has 2 aromatic carbocycles. The molecule has 5 nitrogen and oxygen atoms in total. The Hall–Kier alpha value is -2.18. The molecule has 3 aromatic rings. The van der Waals surface area contributed by atoms with Crippen molar-refractivity contribution < 1.29 is 14.1 Å². The first-order chi connectivity index (χ1) is 11.1. The molecule has 23 heavy (non-hydrogen) atoms. The van der Waals surface area contributed by atoms with Gasteiger partial charge in [0.2, 0.25) is 5.82 Å². The number of esters is 1. The fourth-order valence-corrected chi connectivity index (χ4v) is 2.38. The Balaban J connectivity index is 1.65. The van der Waals surface area contributed by atoms with E-state index in [1.165, 1.54) is 0 Å². The third-order valence-electron chi connectivity index (χ3n) is 2.96. The van der Waals surface area contributed by atoms with E-state index in [1.54, 1.807) is 24.3 Å². The Kier molecular flexibility index (Phi) is 4.73. The second-order valence-corrected chi connectivity index (χ2v) is 5.96. The second kappa shape index (κ2) is 6.93. The van der Waals surface area contributed by atoms with Crippen LogP contribution in [0.1, 0.15) is 16.2 Å². The molecule has 116 valence electrons. The van der Waals surface area contributed by atoms with Gasteiger partial charge in [-0.05, 0) is 36.4 Å². The number of carbonyl (C=O) groups excluding carboxylic acids is 1. The lowest BCUT2D eigenvalue weighted by atomic mass is 10.2. The van der Waals surface area contributed by atoms with Gasteiger partial charge in [0, 0.05) is 15.1 Å². The van der Waals surface area contributed by atoms with Gasteiger partial charge in [0.05, 0.1) is 5.56 Å². The van der Waals surface area contributed by atoms with E-state index in [1.807, 2.05) is 24.3 Å². The summed E-state index contributed by atoms with van der Waals surface area (Å²) >= 11 is 9.15. The maximum absolute atomic E-state index is 11.9. The van der Waals surface area contributed by atoms with Gasteiger partial charge in [0.15, 0.2) is 6.61 Å². The molecule has 0 N–H and O–H groups in total. The van der Waals surface area contributed by atoms with Crippen molar-refractivity contribution in [2.24, 2.45) is 0 Å². The fourth-order valence-electron chi connectivity index (χ4n) is 1.85. The molecule has 3 rings (SSSR count). The summed E-state index contributed by atoms with van der Waals surface area (Å²) in [5.74, 6) is 0.176. The number of benzene rings is 2. The number of hydrogen-bond acceptors (Lipinski definition) is 5. The molecule has 0 atom stereocenters. The summed E-state index contributed by atoms with van der Waals surface area (Å²) in [6.07, 6.45) is 0. The van der Waals surface area contributed by atoms with Crippen molar-refractivity contribution in [1.82, 2.24) is 10.1 Å². The number of hydrogen-bond donors (Lipinski definition) is 0. The largest absolute Gasteiger partial charge is 0.452 e. The quantitative estimate of drug-likeness (QED) is 0.610. The molecule has 0 aliphatic carbocycles. The molecule has 1 aromatic heterocycles. The molecule has 0 aliphatic rings. The Morgan fingerprint density at radius 3 is 2.74 bits per heavy atom. The van der Waals surface area contributed by atoms with Gasteiger partial charge in [-0.1, -0.05) is 44.8 Å². The van der Waals surface area contributed by atoms with Crippen molar-refractivity contribution in [1.29, 1.82) is 0 Å². The normalized spacial score (nSPS) is 10.5. The van der Waals surface area contributed by atoms with Crippen molar-refractivity contribution in [3.05, 3.63) is 69.5 Å². The minimum atomic E-state index is -0.483. The van der Waals surface area contributed by atoms with Gasteiger partial charge in [-0.25, -0.2) is 4.79 Å². The molecule has 0 bridgehead atoms. The van der Waals surface area contributed by atoms with E-state index in [-0.39, 0.29) is 12.5 Å². The van der Waals surface area contributed by atoms with Crippen LogP contribution in [0, 0.1) is 0 Å². The summed E-state index contributed by atoms with van der Waals surface area (Å²) in [6, 6.07) is 13.9. The molecular weight excluding hydrogens is 384 g/mol. The number of carbonyl (C=O) groups is 1. The van der Waals surface area contributed by atoms with Crippen molar-refractivity contribution in [2.75, 3.05) is 0 Å². The van der Waals surface area contributed by atoms with Crippen molar-refractivity contribution in [3.63, 3.8) is 0 Å². The SMILES string of the molecule is O=C(OCc1nc(-c2cccc(Br)c2)no1)c1ccc(Cl)cc1. The van der Waals surface area contributed by atoms with Crippen molar-refractivity contribution in [3.8, 4) is 11.4 Å². The van der Waals surface area contributed by atoms with Crippen LogP contribution in [0.5, 0.6) is 0 Å². The van der Waals surface area contributed by atoms with Crippen LogP contribution in [-0.4, -0.2) is 16.1 Å². The van der Waals surface area contributed by atoms with Crippen LogP contribution in [0.25, 0.3) is 11.4 Å². The molecule has 0 fully saturated rings. The van der Waals surface area contributed by atoms with Crippen LogP contribution in [0.2, 0.25) is 5.02 Å². The lowest BCUT2D eigenvalue weighted by molar-refractivity contribution is 0.0430. The zero-order valence-electron chi connectivity index (χ0n) is 11.7. The van der Waals surface area contributed by atoms with Gasteiger partial charge in [-0.15, -0.1) is 0 Å². The van der Waals surface area contributed by atoms with Gasteiger partial charge < -0.3 is 9.26 Å². The predicted molar refractivity (Wildman–Crippen MR) is 88.0 cm³/mol. The Morgan fingerprint density at radius 2 is 2.00 bits per heavy atom. The lowest BCUT2D eigenvalue weighted by Gasteiger charge is -2.01. The smallest absolute Gasteiger partial charge is 0.338 e.